The van der Waals surface area contributed by atoms with Crippen LogP contribution in [0.3, 0.4) is 0 Å². The van der Waals surface area contributed by atoms with E-state index in [9.17, 15) is 14.6 Å². The van der Waals surface area contributed by atoms with E-state index in [0.717, 1.165) is 31.2 Å². The van der Waals surface area contributed by atoms with Crippen LogP contribution >= 0.6 is 7.37 Å². The number of aliphatic hydroxyl groups excluding tert-OH is 1. The number of nitrogens with one attached hydrogen (secondary N) is 1. The van der Waals surface area contributed by atoms with Gasteiger partial charge in [0.2, 0.25) is 13.1 Å². The van der Waals surface area contributed by atoms with Crippen LogP contribution in [0.25, 0.3) is 0 Å². The highest BCUT2D eigenvalue weighted by Crippen LogP contribution is 2.46. The third-order valence-corrected chi connectivity index (χ3v) is 7.69. The maximum absolute atomic E-state index is 12.6. The topological polar surface area (TPSA) is 97.2 Å². The number of ether oxygens (including phenoxy) is 3. The Morgan fingerprint density at radius 1 is 1.10 bits per heavy atom. The van der Waals surface area contributed by atoms with E-state index in [1.54, 1.807) is 21.3 Å². The molecular weight excluding hydrogens is 393 g/mol. The first-order chi connectivity index (χ1) is 13.8. The zero-order valence-electron chi connectivity index (χ0n) is 18.0. The van der Waals surface area contributed by atoms with Crippen molar-refractivity contribution in [3.8, 4) is 17.2 Å². The standard InChI is InChI=1S/C21H36NO6P/c1-15(17-10-19(26-2)21(28-4)20(11-17)27-3)22-12-18(23)14-29(24,25)13-16-8-6-5-7-9-16/h10-11,15-16,18,22-23H,5-9,12-14H2,1-4H3,(H,24,25)/t15?,18-/m1/s1. The highest BCUT2D eigenvalue weighted by Gasteiger charge is 2.28. The van der Waals surface area contributed by atoms with Gasteiger partial charge in [0.15, 0.2) is 11.5 Å². The minimum Gasteiger partial charge on any atom is -0.493 e. The molecule has 0 bridgehead atoms. The molecule has 0 spiro atoms. The van der Waals surface area contributed by atoms with Gasteiger partial charge in [-0.15, -0.1) is 0 Å². The Morgan fingerprint density at radius 2 is 1.69 bits per heavy atom. The van der Waals surface area contributed by atoms with Crippen molar-refractivity contribution in [1.82, 2.24) is 5.32 Å². The van der Waals surface area contributed by atoms with Gasteiger partial charge in [0.05, 0.1) is 33.6 Å². The van der Waals surface area contributed by atoms with Crippen LogP contribution in [0.4, 0.5) is 0 Å². The Kier molecular flexibility index (Phi) is 9.28. The van der Waals surface area contributed by atoms with Crippen LogP contribution in [0.15, 0.2) is 12.1 Å². The summed E-state index contributed by atoms with van der Waals surface area (Å²) in [7, 11) is 1.35. The highest BCUT2D eigenvalue weighted by molar-refractivity contribution is 7.58. The second-order valence-corrected chi connectivity index (χ2v) is 10.4. The van der Waals surface area contributed by atoms with E-state index in [0.29, 0.717) is 29.3 Å². The summed E-state index contributed by atoms with van der Waals surface area (Å²) in [5, 5.41) is 13.6. The molecule has 1 fully saturated rings. The first-order valence-corrected chi connectivity index (χ1v) is 12.3. The number of hydrogen-bond donors (Lipinski definition) is 3. The molecule has 3 atom stereocenters. The van der Waals surface area contributed by atoms with Gasteiger partial charge in [0, 0.05) is 18.7 Å². The molecule has 8 heteroatoms. The first kappa shape index (κ1) is 24.0. The number of hydrogen-bond acceptors (Lipinski definition) is 6. The molecule has 1 aliphatic rings. The normalized spacial score (nSPS) is 19.2. The van der Waals surface area contributed by atoms with E-state index < -0.39 is 13.5 Å². The quantitative estimate of drug-likeness (QED) is 0.463. The smallest absolute Gasteiger partial charge is 0.203 e. The van der Waals surface area contributed by atoms with Crippen LogP contribution in [0, 0.1) is 5.92 Å². The second-order valence-electron chi connectivity index (χ2n) is 7.96. The summed E-state index contributed by atoms with van der Waals surface area (Å²) >= 11 is 0. The SMILES string of the molecule is COc1cc(C(C)NC[C@@H](O)CP(=O)(O)CC2CCCCC2)cc(OC)c1OC. The fraction of sp³-hybridized carbons (Fsp3) is 0.714. The minimum absolute atomic E-state index is 0.0710. The first-order valence-electron chi connectivity index (χ1n) is 10.3. The van der Waals surface area contributed by atoms with Crippen LogP contribution in [0.5, 0.6) is 17.2 Å². The van der Waals surface area contributed by atoms with Crippen molar-refractivity contribution >= 4 is 7.37 Å². The van der Waals surface area contributed by atoms with Crippen LogP contribution < -0.4 is 19.5 Å². The van der Waals surface area contributed by atoms with Gasteiger partial charge in [0.25, 0.3) is 0 Å². The Morgan fingerprint density at radius 3 is 2.21 bits per heavy atom. The molecule has 1 saturated carbocycles. The van der Waals surface area contributed by atoms with Gasteiger partial charge in [-0.25, -0.2) is 0 Å². The molecule has 0 radical (unpaired) electrons. The molecule has 1 aromatic rings. The number of rotatable bonds is 11. The summed E-state index contributed by atoms with van der Waals surface area (Å²) in [6.07, 6.45) is 4.93. The van der Waals surface area contributed by atoms with E-state index >= 15 is 0 Å². The van der Waals surface area contributed by atoms with Gasteiger partial charge in [-0.05, 0) is 43.4 Å². The van der Waals surface area contributed by atoms with Crippen molar-refractivity contribution < 1.29 is 28.8 Å². The Labute approximate surface area is 174 Å². The summed E-state index contributed by atoms with van der Waals surface area (Å²) in [4.78, 5) is 10.3. The van der Waals surface area contributed by atoms with Crippen molar-refractivity contribution in [2.75, 3.05) is 40.2 Å². The Hall–Kier alpha value is -1.27. The van der Waals surface area contributed by atoms with E-state index in [1.165, 1.54) is 6.42 Å². The third-order valence-electron chi connectivity index (χ3n) is 5.61. The average Bonchev–Trinajstić information content (AvgIpc) is 2.70. The summed E-state index contributed by atoms with van der Waals surface area (Å²) in [6, 6.07) is 3.59. The lowest BCUT2D eigenvalue weighted by molar-refractivity contribution is 0.186. The summed E-state index contributed by atoms with van der Waals surface area (Å²) in [5.74, 6) is 1.96. The van der Waals surface area contributed by atoms with Crippen LogP contribution in [-0.4, -0.2) is 56.3 Å². The van der Waals surface area contributed by atoms with Crippen molar-refractivity contribution in [3.63, 3.8) is 0 Å². The lowest BCUT2D eigenvalue weighted by Gasteiger charge is -2.25. The number of benzene rings is 1. The van der Waals surface area contributed by atoms with E-state index in [2.05, 4.69) is 5.32 Å². The zero-order valence-corrected chi connectivity index (χ0v) is 18.9. The van der Waals surface area contributed by atoms with Crippen LogP contribution in [0.1, 0.15) is 50.6 Å². The van der Waals surface area contributed by atoms with Crippen LogP contribution in [0.2, 0.25) is 0 Å². The van der Waals surface area contributed by atoms with Crippen molar-refractivity contribution in [3.05, 3.63) is 17.7 Å². The van der Waals surface area contributed by atoms with Gasteiger partial charge in [-0.2, -0.15) is 0 Å². The molecule has 0 heterocycles. The largest absolute Gasteiger partial charge is 0.493 e. The highest BCUT2D eigenvalue weighted by atomic mass is 31.2. The maximum atomic E-state index is 12.6. The van der Waals surface area contributed by atoms with Gasteiger partial charge < -0.3 is 29.5 Å². The van der Waals surface area contributed by atoms with Crippen molar-refractivity contribution in [1.29, 1.82) is 0 Å². The monoisotopic (exact) mass is 429 g/mol. The summed E-state index contributed by atoms with van der Waals surface area (Å²) in [5.41, 5.74) is 0.904. The molecule has 0 saturated heterocycles. The van der Waals surface area contributed by atoms with E-state index in [-0.39, 0.29) is 18.7 Å². The fourth-order valence-electron chi connectivity index (χ4n) is 4.02. The molecule has 0 aromatic heterocycles. The third kappa shape index (κ3) is 7.18. The Balaban J connectivity index is 1.92. The van der Waals surface area contributed by atoms with E-state index in [1.807, 2.05) is 19.1 Å². The number of methoxy groups -OCH3 is 3. The molecule has 166 valence electrons. The molecule has 0 aliphatic heterocycles. The maximum Gasteiger partial charge on any atom is 0.203 e. The molecule has 1 aliphatic carbocycles. The van der Waals surface area contributed by atoms with Gasteiger partial charge in [0.1, 0.15) is 0 Å². The predicted molar refractivity (Wildman–Crippen MR) is 115 cm³/mol. The molecule has 7 nitrogen and oxygen atoms in total. The predicted octanol–water partition coefficient (Wildman–Crippen LogP) is 3.57. The molecule has 1 aromatic carbocycles. The fourth-order valence-corrected chi connectivity index (χ4v) is 6.13. The molecule has 29 heavy (non-hydrogen) atoms. The average molecular weight is 429 g/mol. The minimum atomic E-state index is -3.33. The van der Waals surface area contributed by atoms with Gasteiger partial charge in [-0.3, -0.25) is 4.57 Å². The molecule has 0 amide bonds. The molecular formula is C21H36NO6P. The number of aliphatic hydroxyl groups is 1. The molecule has 2 rings (SSSR count). The van der Waals surface area contributed by atoms with E-state index in [4.69, 9.17) is 14.2 Å². The van der Waals surface area contributed by atoms with Crippen LogP contribution in [-0.2, 0) is 4.57 Å². The Bertz CT molecular complexity index is 667. The summed E-state index contributed by atoms with van der Waals surface area (Å²) < 4.78 is 28.7. The summed E-state index contributed by atoms with van der Waals surface area (Å²) in [6.45, 7) is 2.18. The zero-order chi connectivity index (χ0) is 21.4. The van der Waals surface area contributed by atoms with Crippen molar-refractivity contribution in [2.45, 2.75) is 51.2 Å². The molecule has 2 unspecified atom stereocenters. The molecule has 3 N–H and O–H groups in total. The van der Waals surface area contributed by atoms with Gasteiger partial charge in [-0.1, -0.05) is 19.3 Å². The second kappa shape index (κ2) is 11.2. The van der Waals surface area contributed by atoms with Gasteiger partial charge >= 0.3 is 0 Å². The van der Waals surface area contributed by atoms with Crippen molar-refractivity contribution in [2.24, 2.45) is 5.92 Å². The lowest BCUT2D eigenvalue weighted by Crippen LogP contribution is -2.32. The lowest BCUT2D eigenvalue weighted by atomic mass is 9.91.